The van der Waals surface area contributed by atoms with Crippen LogP contribution in [0.2, 0.25) is 0 Å². The third kappa shape index (κ3) is 2.69. The largest absolute Gasteiger partial charge is 0.376 e. The molecule has 0 bridgehead atoms. The number of anilines is 1. The standard InChI is InChI=1S/C14H14BrN5O/c1-7-13(17-4-3-16-7)8(2)18-10-6-12-11(5-9(10)15)19-14(21)20-12/h3-6,8,18H,1-2H3,(H2,19,20,21). The highest BCUT2D eigenvalue weighted by molar-refractivity contribution is 9.10. The topological polar surface area (TPSA) is 86.5 Å². The Hall–Kier alpha value is -2.15. The highest BCUT2D eigenvalue weighted by atomic mass is 79.9. The van der Waals surface area contributed by atoms with Gasteiger partial charge in [-0.1, -0.05) is 0 Å². The maximum Gasteiger partial charge on any atom is 0.323 e. The maximum atomic E-state index is 11.3. The number of aromatic nitrogens is 4. The van der Waals surface area contributed by atoms with E-state index in [1.807, 2.05) is 26.0 Å². The minimum absolute atomic E-state index is 0.00175. The number of fused-ring (bicyclic) bond motifs is 1. The van der Waals surface area contributed by atoms with Crippen molar-refractivity contribution in [3.8, 4) is 0 Å². The number of H-pyrrole nitrogens is 2. The van der Waals surface area contributed by atoms with Crippen molar-refractivity contribution >= 4 is 32.7 Å². The van der Waals surface area contributed by atoms with Gasteiger partial charge in [-0.15, -0.1) is 0 Å². The molecule has 3 aromatic rings. The van der Waals surface area contributed by atoms with Gasteiger partial charge in [-0.3, -0.25) is 9.97 Å². The van der Waals surface area contributed by atoms with Gasteiger partial charge in [0.05, 0.1) is 34.2 Å². The zero-order chi connectivity index (χ0) is 15.0. The Morgan fingerprint density at radius 1 is 1.19 bits per heavy atom. The summed E-state index contributed by atoms with van der Waals surface area (Å²) >= 11 is 3.51. The average Bonchev–Trinajstić information content (AvgIpc) is 2.78. The molecular formula is C14H14BrN5O. The molecule has 3 N–H and O–H groups in total. The zero-order valence-electron chi connectivity index (χ0n) is 11.6. The molecule has 0 aliphatic carbocycles. The molecule has 0 saturated carbocycles. The summed E-state index contributed by atoms with van der Waals surface area (Å²) in [6.07, 6.45) is 3.36. The predicted molar refractivity (Wildman–Crippen MR) is 85.4 cm³/mol. The zero-order valence-corrected chi connectivity index (χ0v) is 13.2. The van der Waals surface area contributed by atoms with Crippen LogP contribution in [0.15, 0.2) is 33.8 Å². The molecule has 0 radical (unpaired) electrons. The van der Waals surface area contributed by atoms with E-state index >= 15 is 0 Å². The predicted octanol–water partition coefficient (Wildman–Crippen LogP) is 2.89. The number of hydrogen-bond donors (Lipinski definition) is 3. The lowest BCUT2D eigenvalue weighted by Gasteiger charge is -2.17. The van der Waals surface area contributed by atoms with Crippen LogP contribution in [0.4, 0.5) is 5.69 Å². The Labute approximate surface area is 129 Å². The van der Waals surface area contributed by atoms with E-state index in [-0.39, 0.29) is 11.7 Å². The fourth-order valence-corrected chi connectivity index (χ4v) is 2.77. The molecule has 0 aliphatic heterocycles. The summed E-state index contributed by atoms with van der Waals surface area (Å²) < 4.78 is 0.874. The monoisotopic (exact) mass is 347 g/mol. The molecule has 108 valence electrons. The van der Waals surface area contributed by atoms with Crippen molar-refractivity contribution in [2.75, 3.05) is 5.32 Å². The van der Waals surface area contributed by atoms with Crippen molar-refractivity contribution in [1.82, 2.24) is 19.9 Å². The first kappa shape index (κ1) is 13.8. The molecule has 0 aliphatic rings. The van der Waals surface area contributed by atoms with Crippen LogP contribution in [0.25, 0.3) is 11.0 Å². The molecule has 1 unspecified atom stereocenters. The number of nitrogens with zero attached hydrogens (tertiary/aromatic N) is 2. The molecule has 7 heteroatoms. The third-order valence-electron chi connectivity index (χ3n) is 3.30. The first-order chi connectivity index (χ1) is 10.0. The van der Waals surface area contributed by atoms with E-state index in [0.717, 1.165) is 32.6 Å². The Morgan fingerprint density at radius 2 is 1.86 bits per heavy atom. The smallest absolute Gasteiger partial charge is 0.323 e. The Kier molecular flexibility index (Phi) is 3.50. The van der Waals surface area contributed by atoms with Crippen LogP contribution in [0.5, 0.6) is 0 Å². The van der Waals surface area contributed by atoms with E-state index in [1.54, 1.807) is 12.4 Å². The van der Waals surface area contributed by atoms with Crippen molar-refractivity contribution in [2.24, 2.45) is 0 Å². The molecule has 2 heterocycles. The number of imidazole rings is 1. The first-order valence-corrected chi connectivity index (χ1v) is 7.29. The lowest BCUT2D eigenvalue weighted by atomic mass is 10.1. The van der Waals surface area contributed by atoms with Gasteiger partial charge >= 0.3 is 5.69 Å². The van der Waals surface area contributed by atoms with Crippen molar-refractivity contribution in [2.45, 2.75) is 19.9 Å². The summed E-state index contributed by atoms with van der Waals surface area (Å²) in [7, 11) is 0. The van der Waals surface area contributed by atoms with E-state index in [0.29, 0.717) is 0 Å². The number of aryl methyl sites for hydroxylation is 1. The summed E-state index contributed by atoms with van der Waals surface area (Å²) in [4.78, 5) is 25.4. The molecule has 6 nitrogen and oxygen atoms in total. The van der Waals surface area contributed by atoms with Gasteiger partial charge in [0.2, 0.25) is 0 Å². The Morgan fingerprint density at radius 3 is 2.57 bits per heavy atom. The molecule has 0 spiro atoms. The molecule has 0 saturated heterocycles. The molecule has 1 atom stereocenters. The molecule has 1 aromatic carbocycles. The maximum absolute atomic E-state index is 11.3. The second-order valence-electron chi connectivity index (χ2n) is 4.85. The lowest BCUT2D eigenvalue weighted by Crippen LogP contribution is -2.11. The van der Waals surface area contributed by atoms with E-state index in [9.17, 15) is 4.79 Å². The van der Waals surface area contributed by atoms with E-state index in [4.69, 9.17) is 0 Å². The number of hydrogen-bond acceptors (Lipinski definition) is 4. The van der Waals surface area contributed by atoms with Crippen LogP contribution in [0, 0.1) is 6.92 Å². The van der Waals surface area contributed by atoms with Crippen LogP contribution in [0.3, 0.4) is 0 Å². The van der Waals surface area contributed by atoms with Crippen molar-refractivity contribution < 1.29 is 0 Å². The first-order valence-electron chi connectivity index (χ1n) is 6.50. The van der Waals surface area contributed by atoms with E-state index < -0.39 is 0 Å². The van der Waals surface area contributed by atoms with Crippen molar-refractivity contribution in [3.05, 3.63) is 50.9 Å². The lowest BCUT2D eigenvalue weighted by molar-refractivity contribution is 0.809. The number of benzene rings is 1. The van der Waals surface area contributed by atoms with Gasteiger partial charge < -0.3 is 15.3 Å². The van der Waals surface area contributed by atoms with Gasteiger partial charge in [-0.25, -0.2) is 4.79 Å². The van der Waals surface area contributed by atoms with Gasteiger partial charge in [0.25, 0.3) is 0 Å². The van der Waals surface area contributed by atoms with Gasteiger partial charge in [-0.05, 0) is 41.9 Å². The number of rotatable bonds is 3. The van der Waals surface area contributed by atoms with Crippen LogP contribution < -0.4 is 11.0 Å². The van der Waals surface area contributed by atoms with E-state index in [1.165, 1.54) is 0 Å². The van der Waals surface area contributed by atoms with Gasteiger partial charge in [-0.2, -0.15) is 0 Å². The summed E-state index contributed by atoms with van der Waals surface area (Å²) in [5, 5.41) is 3.38. The Bertz CT molecular complexity index is 854. The van der Waals surface area contributed by atoms with Crippen LogP contribution in [0.1, 0.15) is 24.4 Å². The van der Waals surface area contributed by atoms with Crippen LogP contribution in [-0.2, 0) is 0 Å². The van der Waals surface area contributed by atoms with Gasteiger partial charge in [0.1, 0.15) is 0 Å². The van der Waals surface area contributed by atoms with Crippen molar-refractivity contribution in [1.29, 1.82) is 0 Å². The quantitative estimate of drug-likeness (QED) is 0.679. The fourth-order valence-electron chi connectivity index (χ4n) is 2.31. The van der Waals surface area contributed by atoms with Crippen LogP contribution >= 0.6 is 15.9 Å². The SMILES string of the molecule is Cc1nccnc1C(C)Nc1cc2[nH]c(=O)[nH]c2cc1Br. The summed E-state index contributed by atoms with van der Waals surface area (Å²) in [5.41, 5.74) is 3.98. The third-order valence-corrected chi connectivity index (χ3v) is 3.96. The fraction of sp³-hybridized carbons (Fsp3) is 0.214. The minimum Gasteiger partial charge on any atom is -0.376 e. The van der Waals surface area contributed by atoms with Gasteiger partial charge in [0, 0.05) is 16.9 Å². The molecule has 0 fully saturated rings. The molecule has 2 aromatic heterocycles. The summed E-state index contributed by atoms with van der Waals surface area (Å²) in [6.45, 7) is 3.95. The molecule has 21 heavy (non-hydrogen) atoms. The average molecular weight is 348 g/mol. The van der Waals surface area contributed by atoms with Crippen LogP contribution in [-0.4, -0.2) is 19.9 Å². The summed E-state index contributed by atoms with van der Waals surface area (Å²) in [5.74, 6) is 0. The second-order valence-corrected chi connectivity index (χ2v) is 5.70. The molecule has 3 rings (SSSR count). The van der Waals surface area contributed by atoms with Crippen molar-refractivity contribution in [3.63, 3.8) is 0 Å². The highest BCUT2D eigenvalue weighted by Crippen LogP contribution is 2.29. The van der Waals surface area contributed by atoms with Gasteiger partial charge in [0.15, 0.2) is 0 Å². The number of aromatic amines is 2. The molecular weight excluding hydrogens is 334 g/mol. The Balaban J connectivity index is 1.96. The van der Waals surface area contributed by atoms with E-state index in [2.05, 4.69) is 41.2 Å². The summed E-state index contributed by atoms with van der Waals surface area (Å²) in [6, 6.07) is 3.75. The number of halogens is 1. The second kappa shape index (κ2) is 5.33. The molecule has 0 amide bonds. The normalized spacial score (nSPS) is 12.5. The number of nitrogens with one attached hydrogen (secondary N) is 3. The highest BCUT2D eigenvalue weighted by Gasteiger charge is 2.13. The minimum atomic E-state index is -0.216.